The molecule has 2 amide bonds. The number of carboxylic acids is 1. The van der Waals surface area contributed by atoms with Gasteiger partial charge in [0, 0.05) is 11.8 Å². The quantitative estimate of drug-likeness (QED) is 0.871. The van der Waals surface area contributed by atoms with Crippen LogP contribution in [0.2, 0.25) is 0 Å². The SMILES string of the molecule is O=C(O)c1cccc2c1OCCN2C(=O)NC1CCSC1. The third kappa shape index (κ3) is 2.78. The van der Waals surface area contributed by atoms with Gasteiger partial charge in [-0.25, -0.2) is 9.59 Å². The Morgan fingerprint density at radius 1 is 1.43 bits per heavy atom. The van der Waals surface area contributed by atoms with Gasteiger partial charge in [0.25, 0.3) is 0 Å². The lowest BCUT2D eigenvalue weighted by atomic mass is 10.1. The minimum Gasteiger partial charge on any atom is -0.489 e. The number of ether oxygens (including phenoxy) is 1. The van der Waals surface area contributed by atoms with Crippen molar-refractivity contribution in [3.63, 3.8) is 0 Å². The molecule has 0 aromatic heterocycles. The number of hydrogen-bond acceptors (Lipinski definition) is 4. The Morgan fingerprint density at radius 3 is 3.00 bits per heavy atom. The number of urea groups is 1. The number of nitrogens with one attached hydrogen (secondary N) is 1. The Labute approximate surface area is 126 Å². The summed E-state index contributed by atoms with van der Waals surface area (Å²) in [7, 11) is 0. The summed E-state index contributed by atoms with van der Waals surface area (Å²) in [4.78, 5) is 25.2. The summed E-state index contributed by atoms with van der Waals surface area (Å²) in [5.74, 6) is 1.21. The largest absolute Gasteiger partial charge is 0.489 e. The number of carbonyl (C=O) groups excluding carboxylic acids is 1. The number of para-hydroxylation sites is 1. The summed E-state index contributed by atoms with van der Waals surface area (Å²) in [6, 6.07) is 4.83. The monoisotopic (exact) mass is 308 g/mol. The smallest absolute Gasteiger partial charge is 0.339 e. The number of rotatable bonds is 2. The average Bonchev–Trinajstić information content (AvgIpc) is 2.98. The highest BCUT2D eigenvalue weighted by Crippen LogP contribution is 2.35. The van der Waals surface area contributed by atoms with E-state index in [0.717, 1.165) is 17.9 Å². The summed E-state index contributed by atoms with van der Waals surface area (Å²) in [5.41, 5.74) is 0.603. The summed E-state index contributed by atoms with van der Waals surface area (Å²) in [6.45, 7) is 0.714. The van der Waals surface area contributed by atoms with Crippen molar-refractivity contribution in [1.29, 1.82) is 0 Å². The van der Waals surface area contributed by atoms with Gasteiger partial charge >= 0.3 is 12.0 Å². The molecule has 7 heteroatoms. The first-order valence-corrected chi connectivity index (χ1v) is 7.97. The van der Waals surface area contributed by atoms with Gasteiger partial charge in [-0.05, 0) is 24.3 Å². The predicted molar refractivity (Wildman–Crippen MR) is 80.5 cm³/mol. The van der Waals surface area contributed by atoms with E-state index in [1.807, 2.05) is 11.8 Å². The molecule has 1 aromatic carbocycles. The second-order valence-corrected chi connectivity index (χ2v) is 6.12. The molecular formula is C14H16N2O4S. The molecular weight excluding hydrogens is 292 g/mol. The van der Waals surface area contributed by atoms with E-state index in [0.29, 0.717) is 18.8 Å². The number of fused-ring (bicyclic) bond motifs is 1. The van der Waals surface area contributed by atoms with Gasteiger partial charge in [-0.2, -0.15) is 11.8 Å². The highest BCUT2D eigenvalue weighted by Gasteiger charge is 2.29. The first-order chi connectivity index (χ1) is 10.2. The molecule has 2 aliphatic heterocycles. The van der Waals surface area contributed by atoms with E-state index in [-0.39, 0.29) is 23.4 Å². The highest BCUT2D eigenvalue weighted by molar-refractivity contribution is 7.99. The molecule has 0 spiro atoms. The van der Waals surface area contributed by atoms with Crippen molar-refractivity contribution >= 4 is 29.4 Å². The summed E-state index contributed by atoms with van der Waals surface area (Å²) >= 11 is 1.83. The molecule has 1 saturated heterocycles. The molecule has 21 heavy (non-hydrogen) atoms. The number of carbonyl (C=O) groups is 2. The summed E-state index contributed by atoms with van der Waals surface area (Å²) in [5, 5.41) is 12.2. The van der Waals surface area contributed by atoms with Crippen molar-refractivity contribution in [3.05, 3.63) is 23.8 Å². The van der Waals surface area contributed by atoms with Gasteiger partial charge in [0.15, 0.2) is 5.75 Å². The number of anilines is 1. The van der Waals surface area contributed by atoms with E-state index < -0.39 is 5.97 Å². The molecule has 0 saturated carbocycles. The van der Waals surface area contributed by atoms with Crippen LogP contribution in [0.4, 0.5) is 10.5 Å². The van der Waals surface area contributed by atoms with Gasteiger partial charge in [-0.15, -0.1) is 0 Å². The molecule has 2 N–H and O–H groups in total. The number of benzene rings is 1. The minimum atomic E-state index is -1.05. The molecule has 1 atom stereocenters. The Morgan fingerprint density at radius 2 is 2.29 bits per heavy atom. The second kappa shape index (κ2) is 5.85. The third-order valence-electron chi connectivity index (χ3n) is 3.58. The topological polar surface area (TPSA) is 78.9 Å². The molecule has 112 valence electrons. The van der Waals surface area contributed by atoms with Crippen molar-refractivity contribution in [2.24, 2.45) is 0 Å². The maximum atomic E-state index is 12.4. The van der Waals surface area contributed by atoms with Crippen LogP contribution in [0.3, 0.4) is 0 Å². The van der Waals surface area contributed by atoms with Crippen molar-refractivity contribution in [3.8, 4) is 5.75 Å². The van der Waals surface area contributed by atoms with Crippen molar-refractivity contribution < 1.29 is 19.4 Å². The third-order valence-corrected chi connectivity index (χ3v) is 4.74. The predicted octanol–water partition coefficient (Wildman–Crippen LogP) is 1.80. The van der Waals surface area contributed by atoms with Crippen molar-refractivity contribution in [2.45, 2.75) is 12.5 Å². The normalized spacial score (nSPS) is 20.6. The molecule has 1 aromatic rings. The molecule has 2 aliphatic rings. The van der Waals surface area contributed by atoms with Crippen LogP contribution in [0.25, 0.3) is 0 Å². The van der Waals surface area contributed by atoms with Crippen LogP contribution in [0.15, 0.2) is 18.2 Å². The molecule has 1 unspecified atom stereocenters. The van der Waals surface area contributed by atoms with Crippen LogP contribution >= 0.6 is 11.8 Å². The number of nitrogens with zero attached hydrogens (tertiary/aromatic N) is 1. The van der Waals surface area contributed by atoms with Gasteiger partial charge in [0.2, 0.25) is 0 Å². The zero-order valence-electron chi connectivity index (χ0n) is 11.4. The van der Waals surface area contributed by atoms with Gasteiger partial charge in [0.1, 0.15) is 12.2 Å². The van der Waals surface area contributed by atoms with Crippen molar-refractivity contribution in [1.82, 2.24) is 5.32 Å². The Balaban J connectivity index is 1.84. The van der Waals surface area contributed by atoms with Gasteiger partial charge in [-0.3, -0.25) is 4.90 Å². The molecule has 0 bridgehead atoms. The average molecular weight is 308 g/mol. The van der Waals surface area contributed by atoms with Crippen LogP contribution in [0, 0.1) is 0 Å². The molecule has 6 nitrogen and oxygen atoms in total. The van der Waals surface area contributed by atoms with Crippen LogP contribution in [-0.2, 0) is 0 Å². The summed E-state index contributed by atoms with van der Waals surface area (Å²) < 4.78 is 5.46. The Hall–Kier alpha value is -1.89. The maximum Gasteiger partial charge on any atom is 0.339 e. The van der Waals surface area contributed by atoms with Gasteiger partial charge < -0.3 is 15.2 Å². The van der Waals surface area contributed by atoms with Crippen LogP contribution in [0.1, 0.15) is 16.8 Å². The number of aromatic carboxylic acids is 1. The van der Waals surface area contributed by atoms with E-state index in [1.165, 1.54) is 6.07 Å². The number of thioether (sulfide) groups is 1. The van der Waals surface area contributed by atoms with Gasteiger partial charge in [0.05, 0.1) is 12.2 Å². The van der Waals surface area contributed by atoms with Crippen LogP contribution < -0.4 is 15.0 Å². The lowest BCUT2D eigenvalue weighted by Gasteiger charge is -2.31. The fourth-order valence-electron chi connectivity index (χ4n) is 2.53. The summed E-state index contributed by atoms with van der Waals surface area (Å²) in [6.07, 6.45) is 0.975. The maximum absolute atomic E-state index is 12.4. The first kappa shape index (κ1) is 14.1. The minimum absolute atomic E-state index is 0.0846. The van der Waals surface area contributed by atoms with E-state index >= 15 is 0 Å². The number of hydrogen-bond donors (Lipinski definition) is 2. The zero-order chi connectivity index (χ0) is 14.8. The van der Waals surface area contributed by atoms with E-state index in [2.05, 4.69) is 5.32 Å². The standard InChI is InChI=1S/C14H16N2O4S/c17-13(18)10-2-1-3-11-12(10)20-6-5-16(11)14(19)15-9-4-7-21-8-9/h1-3,9H,4-8H2,(H,15,19)(H,17,18). The molecule has 2 heterocycles. The van der Waals surface area contributed by atoms with E-state index in [1.54, 1.807) is 17.0 Å². The Bertz CT molecular complexity index is 572. The molecule has 1 fully saturated rings. The van der Waals surface area contributed by atoms with Crippen molar-refractivity contribution in [2.75, 3.05) is 29.6 Å². The van der Waals surface area contributed by atoms with E-state index in [9.17, 15) is 14.7 Å². The molecule has 0 aliphatic carbocycles. The lowest BCUT2D eigenvalue weighted by molar-refractivity contribution is 0.0692. The highest BCUT2D eigenvalue weighted by atomic mass is 32.2. The van der Waals surface area contributed by atoms with Crippen LogP contribution in [-0.4, -0.2) is 47.8 Å². The Kier molecular flexibility index (Phi) is 3.92. The molecule has 0 radical (unpaired) electrons. The fraction of sp³-hybridized carbons (Fsp3) is 0.429. The fourth-order valence-corrected chi connectivity index (χ4v) is 3.68. The first-order valence-electron chi connectivity index (χ1n) is 6.81. The lowest BCUT2D eigenvalue weighted by Crippen LogP contribution is -2.48. The zero-order valence-corrected chi connectivity index (χ0v) is 12.2. The second-order valence-electron chi connectivity index (χ2n) is 4.97. The van der Waals surface area contributed by atoms with Crippen LogP contribution in [0.5, 0.6) is 5.75 Å². The number of carboxylic acid groups (broad SMARTS) is 1. The van der Waals surface area contributed by atoms with E-state index in [4.69, 9.17) is 4.74 Å². The number of amides is 2. The van der Waals surface area contributed by atoms with Gasteiger partial charge in [-0.1, -0.05) is 6.07 Å². The molecule has 3 rings (SSSR count).